The van der Waals surface area contributed by atoms with Crippen LogP contribution in [-0.4, -0.2) is 41.7 Å². The summed E-state index contributed by atoms with van der Waals surface area (Å²) in [5, 5.41) is 0. The minimum atomic E-state index is -1.93. The van der Waals surface area contributed by atoms with Gasteiger partial charge in [0, 0.05) is 26.9 Å². The number of para-hydroxylation sites is 2. The van der Waals surface area contributed by atoms with Gasteiger partial charge in [-0.3, -0.25) is 29.1 Å². The average Bonchev–Trinajstić information content (AvgIpc) is 3.35. The van der Waals surface area contributed by atoms with Gasteiger partial charge in [-0.05, 0) is 36.4 Å². The summed E-state index contributed by atoms with van der Waals surface area (Å²) >= 11 is 0. The zero-order valence-corrected chi connectivity index (χ0v) is 18.9. The third kappa shape index (κ3) is 3.02. The van der Waals surface area contributed by atoms with Crippen molar-refractivity contribution in [1.82, 2.24) is 4.98 Å². The number of aromatic nitrogens is 1. The van der Waals surface area contributed by atoms with Crippen molar-refractivity contribution in [1.29, 1.82) is 0 Å². The standard InChI is InChI=1S/C27H22N4O4/c1-29-19-13-8-14-28-23(19)21(18-15-20(32)30(25(18)33)16-9-4-2-5-10-16)22-24(29)27(35)31(26(22)34)17-11-6-3-7-12-17/h2-14,18,21-22,24H,15H2,1H3/t18?,21-,22-,24+/m0/s1/i21D. The third-order valence-electron chi connectivity index (χ3n) is 7.02. The maximum atomic E-state index is 13.9. The van der Waals surface area contributed by atoms with E-state index >= 15 is 0 Å². The topological polar surface area (TPSA) is 90.9 Å². The van der Waals surface area contributed by atoms with Crippen LogP contribution in [0.25, 0.3) is 0 Å². The van der Waals surface area contributed by atoms with Crippen LogP contribution in [0.5, 0.6) is 0 Å². The predicted molar refractivity (Wildman–Crippen MR) is 129 cm³/mol. The summed E-state index contributed by atoms with van der Waals surface area (Å²) < 4.78 is 9.77. The molecule has 0 saturated carbocycles. The highest BCUT2D eigenvalue weighted by molar-refractivity contribution is 6.26. The summed E-state index contributed by atoms with van der Waals surface area (Å²) in [6.45, 7) is 0. The van der Waals surface area contributed by atoms with Crippen LogP contribution in [-0.2, 0) is 19.2 Å². The van der Waals surface area contributed by atoms with Gasteiger partial charge in [0.2, 0.25) is 17.7 Å². The molecule has 1 aromatic heterocycles. The number of imide groups is 2. The number of benzene rings is 2. The molecule has 35 heavy (non-hydrogen) atoms. The molecule has 3 aliphatic rings. The first kappa shape index (κ1) is 20.1. The van der Waals surface area contributed by atoms with Crippen molar-refractivity contribution in [3.63, 3.8) is 0 Å². The van der Waals surface area contributed by atoms with Gasteiger partial charge in [0.1, 0.15) is 6.04 Å². The highest BCUT2D eigenvalue weighted by atomic mass is 16.2. The van der Waals surface area contributed by atoms with Crippen molar-refractivity contribution in [2.45, 2.75) is 18.4 Å². The van der Waals surface area contributed by atoms with Crippen LogP contribution >= 0.6 is 0 Å². The molecule has 3 aromatic rings. The van der Waals surface area contributed by atoms with Crippen LogP contribution in [0, 0.1) is 11.8 Å². The summed E-state index contributed by atoms with van der Waals surface area (Å²) in [4.78, 5) is 62.8. The molecule has 4 amide bonds. The number of likely N-dealkylation sites (N-methyl/N-ethyl adjacent to an activating group) is 1. The minimum Gasteiger partial charge on any atom is -0.360 e. The Morgan fingerprint density at radius 1 is 0.800 bits per heavy atom. The molecule has 0 radical (unpaired) electrons. The van der Waals surface area contributed by atoms with Crippen LogP contribution < -0.4 is 14.7 Å². The predicted octanol–water partition coefficient (Wildman–Crippen LogP) is 2.75. The fourth-order valence-corrected chi connectivity index (χ4v) is 5.49. The number of pyridine rings is 1. The fourth-order valence-electron chi connectivity index (χ4n) is 5.49. The van der Waals surface area contributed by atoms with E-state index < -0.39 is 47.4 Å². The zero-order chi connectivity index (χ0) is 25.2. The number of anilines is 3. The van der Waals surface area contributed by atoms with Crippen LogP contribution in [0.4, 0.5) is 17.1 Å². The Balaban J connectivity index is 1.52. The lowest BCUT2D eigenvalue weighted by Crippen LogP contribution is -2.50. The molecule has 2 saturated heterocycles. The number of amides is 4. The van der Waals surface area contributed by atoms with Crippen molar-refractivity contribution in [2.24, 2.45) is 11.8 Å². The van der Waals surface area contributed by atoms with E-state index in [0.717, 1.165) is 9.80 Å². The van der Waals surface area contributed by atoms with Crippen molar-refractivity contribution in [3.8, 4) is 0 Å². The molecular weight excluding hydrogens is 444 g/mol. The lowest BCUT2D eigenvalue weighted by atomic mass is 9.72. The van der Waals surface area contributed by atoms with Crippen LogP contribution in [0.2, 0.25) is 0 Å². The molecule has 8 heteroatoms. The summed E-state index contributed by atoms with van der Waals surface area (Å²) in [5.41, 5.74) is 1.51. The second kappa shape index (κ2) is 7.87. The number of carbonyl (C=O) groups excluding carboxylic acids is 4. The number of hydrogen-bond donors (Lipinski definition) is 0. The number of hydrogen-bond acceptors (Lipinski definition) is 6. The molecule has 0 N–H and O–H groups in total. The molecule has 1 unspecified atom stereocenters. The Kier molecular flexibility index (Phi) is 4.51. The normalized spacial score (nSPS) is 28.3. The van der Waals surface area contributed by atoms with Gasteiger partial charge in [-0.25, -0.2) is 4.90 Å². The van der Waals surface area contributed by atoms with Crippen molar-refractivity contribution in [2.75, 3.05) is 21.7 Å². The molecular formula is C27H22N4O4. The van der Waals surface area contributed by atoms with E-state index in [1.165, 1.54) is 6.20 Å². The molecule has 8 nitrogen and oxygen atoms in total. The summed E-state index contributed by atoms with van der Waals surface area (Å²) in [6.07, 6.45) is 1.25. The molecule has 174 valence electrons. The Morgan fingerprint density at radius 3 is 2.09 bits per heavy atom. The molecule has 4 heterocycles. The summed E-state index contributed by atoms with van der Waals surface area (Å²) in [5.74, 6) is -6.41. The quantitative estimate of drug-likeness (QED) is 0.550. The maximum absolute atomic E-state index is 13.9. The molecule has 0 aliphatic carbocycles. The smallest absolute Gasteiger partial charge is 0.257 e. The van der Waals surface area contributed by atoms with Gasteiger partial charge in [-0.15, -0.1) is 0 Å². The second-order valence-electron chi connectivity index (χ2n) is 8.87. The van der Waals surface area contributed by atoms with Gasteiger partial charge in [-0.1, -0.05) is 36.4 Å². The van der Waals surface area contributed by atoms with Gasteiger partial charge >= 0.3 is 0 Å². The summed E-state index contributed by atoms with van der Waals surface area (Å²) in [6, 6.07) is 19.5. The Labute approximate surface area is 203 Å². The van der Waals surface area contributed by atoms with Crippen molar-refractivity contribution < 1.29 is 20.5 Å². The van der Waals surface area contributed by atoms with Gasteiger partial charge < -0.3 is 4.90 Å². The molecule has 0 bridgehead atoms. The largest absolute Gasteiger partial charge is 0.360 e. The van der Waals surface area contributed by atoms with E-state index in [4.69, 9.17) is 0 Å². The molecule has 6 rings (SSSR count). The van der Waals surface area contributed by atoms with Crippen LogP contribution in [0.15, 0.2) is 79.0 Å². The number of carbonyl (C=O) groups is 4. The molecule has 0 spiro atoms. The Morgan fingerprint density at radius 2 is 1.43 bits per heavy atom. The van der Waals surface area contributed by atoms with Gasteiger partial charge in [0.05, 0.1) is 34.6 Å². The minimum absolute atomic E-state index is 0.214. The zero-order valence-electron chi connectivity index (χ0n) is 19.9. The maximum Gasteiger partial charge on any atom is 0.257 e. The molecule has 2 aromatic carbocycles. The molecule has 4 atom stereocenters. The first-order valence-electron chi connectivity index (χ1n) is 11.9. The summed E-state index contributed by atoms with van der Waals surface area (Å²) in [7, 11) is 1.69. The van der Waals surface area contributed by atoms with E-state index in [1.807, 2.05) is 0 Å². The Bertz CT molecular complexity index is 1420. The van der Waals surface area contributed by atoms with Gasteiger partial charge in [0.15, 0.2) is 0 Å². The van der Waals surface area contributed by atoms with Gasteiger partial charge in [-0.2, -0.15) is 0 Å². The lowest BCUT2D eigenvalue weighted by Gasteiger charge is -2.40. The fraction of sp³-hybridized carbons (Fsp3) is 0.222. The van der Waals surface area contributed by atoms with E-state index in [9.17, 15) is 20.5 Å². The van der Waals surface area contributed by atoms with E-state index in [-0.39, 0.29) is 12.1 Å². The number of fused-ring (bicyclic) bond motifs is 2. The second-order valence-corrected chi connectivity index (χ2v) is 8.87. The van der Waals surface area contributed by atoms with Crippen molar-refractivity contribution in [3.05, 3.63) is 84.7 Å². The Hall–Kier alpha value is -4.33. The highest BCUT2D eigenvalue weighted by Crippen LogP contribution is 2.51. The highest BCUT2D eigenvalue weighted by Gasteiger charge is 2.61. The van der Waals surface area contributed by atoms with E-state index in [2.05, 4.69) is 4.98 Å². The van der Waals surface area contributed by atoms with Gasteiger partial charge in [0.25, 0.3) is 5.91 Å². The first-order chi connectivity index (χ1) is 17.4. The van der Waals surface area contributed by atoms with Crippen LogP contribution in [0.1, 0.15) is 19.4 Å². The lowest BCUT2D eigenvalue weighted by molar-refractivity contribution is -0.124. The van der Waals surface area contributed by atoms with Crippen molar-refractivity contribution >= 4 is 40.7 Å². The number of rotatable bonds is 3. The number of nitrogens with zero attached hydrogens (tertiary/aromatic N) is 4. The van der Waals surface area contributed by atoms with E-state index in [1.54, 1.807) is 84.7 Å². The monoisotopic (exact) mass is 467 g/mol. The molecule has 2 fully saturated rings. The third-order valence-corrected chi connectivity index (χ3v) is 7.02. The van der Waals surface area contributed by atoms with Crippen LogP contribution in [0.3, 0.4) is 0 Å². The average molecular weight is 468 g/mol. The SMILES string of the molecule is [2H][C@@]1(C2CC(=O)N(c3ccccc3)C2=O)c2ncccc2N(C)[C@H]2C(=O)N(c3ccccc3)C(=O)[C@H]21. The van der Waals surface area contributed by atoms with E-state index in [0.29, 0.717) is 17.1 Å². The molecule has 3 aliphatic heterocycles. The first-order valence-corrected chi connectivity index (χ1v) is 11.4.